The van der Waals surface area contributed by atoms with Crippen molar-refractivity contribution in [2.75, 3.05) is 24.7 Å². The third-order valence-corrected chi connectivity index (χ3v) is 7.88. The molecule has 2 heterocycles. The highest BCUT2D eigenvalue weighted by Gasteiger charge is 2.58. The average molecular weight is 429 g/mol. The molecule has 4 rings (SSSR count). The van der Waals surface area contributed by atoms with Gasteiger partial charge in [-0.25, -0.2) is 0 Å². The molecule has 2 aromatic rings. The molecule has 1 atom stereocenters. The molecule has 29 heavy (non-hydrogen) atoms. The summed E-state index contributed by atoms with van der Waals surface area (Å²) in [7, 11) is 0. The Morgan fingerprint density at radius 3 is 2.45 bits per heavy atom. The Kier molecular flexibility index (Phi) is 5.53. The number of amides is 2. The van der Waals surface area contributed by atoms with Gasteiger partial charge in [-0.05, 0) is 68.2 Å². The Labute approximate surface area is 178 Å². The Hall–Kier alpha value is -2.12. The molecule has 1 unspecified atom stereocenters. The summed E-state index contributed by atoms with van der Waals surface area (Å²) in [5.74, 6) is 0.0942. The summed E-state index contributed by atoms with van der Waals surface area (Å²) in [6, 6.07) is 9.59. The zero-order valence-corrected chi connectivity index (χ0v) is 18.2. The van der Waals surface area contributed by atoms with Crippen LogP contribution in [0.3, 0.4) is 0 Å². The van der Waals surface area contributed by atoms with Crippen LogP contribution in [-0.4, -0.2) is 41.8 Å². The number of thioether (sulfide) groups is 1. The van der Waals surface area contributed by atoms with Gasteiger partial charge in [0, 0.05) is 35.0 Å². The van der Waals surface area contributed by atoms with Crippen LogP contribution in [0.5, 0.6) is 0 Å². The minimum atomic E-state index is -0.0147. The van der Waals surface area contributed by atoms with Crippen molar-refractivity contribution < 1.29 is 14.4 Å². The van der Waals surface area contributed by atoms with E-state index in [0.717, 1.165) is 24.9 Å². The molecule has 2 amide bonds. The second-order valence-electron chi connectivity index (χ2n) is 7.88. The highest BCUT2D eigenvalue weighted by atomic mass is 32.2. The van der Waals surface area contributed by atoms with E-state index >= 15 is 0 Å². The van der Waals surface area contributed by atoms with Crippen LogP contribution in [0, 0.1) is 11.3 Å². The first kappa shape index (κ1) is 20.2. The van der Waals surface area contributed by atoms with Crippen molar-refractivity contribution >= 4 is 46.4 Å². The molecule has 1 aliphatic heterocycles. The molecule has 1 aliphatic carbocycles. The largest absolute Gasteiger partial charge is 0.339 e. The molecule has 1 aromatic heterocycles. The monoisotopic (exact) mass is 428 g/mol. The quantitative estimate of drug-likeness (QED) is 0.560. The lowest BCUT2D eigenvalue weighted by Gasteiger charge is -2.32. The smallest absolute Gasteiger partial charge is 0.254 e. The summed E-state index contributed by atoms with van der Waals surface area (Å²) < 4.78 is 0. The van der Waals surface area contributed by atoms with E-state index < -0.39 is 0 Å². The molecule has 1 aromatic carbocycles. The van der Waals surface area contributed by atoms with Crippen LogP contribution in [0.1, 0.15) is 46.2 Å². The van der Waals surface area contributed by atoms with E-state index in [-0.39, 0.29) is 28.9 Å². The van der Waals surface area contributed by atoms with Crippen LogP contribution in [0.15, 0.2) is 40.6 Å². The number of thiophene rings is 1. The Bertz CT molecular complexity index is 943. The van der Waals surface area contributed by atoms with E-state index in [1.54, 1.807) is 23.2 Å². The number of benzene rings is 1. The zero-order valence-electron chi connectivity index (χ0n) is 16.6. The maximum Gasteiger partial charge on any atom is 0.254 e. The summed E-state index contributed by atoms with van der Waals surface area (Å²) in [6.45, 7) is 2.84. The van der Waals surface area contributed by atoms with E-state index in [0.29, 0.717) is 23.5 Å². The second kappa shape index (κ2) is 7.95. The molecule has 1 spiro atoms. The molecule has 2 fully saturated rings. The number of carbonyl (C=O) groups excluding carboxylic acids is 3. The van der Waals surface area contributed by atoms with Gasteiger partial charge in [0.2, 0.25) is 5.91 Å². The Morgan fingerprint density at radius 1 is 1.17 bits per heavy atom. The standard InChI is InChI=1S/C22H24N2O3S2/c1-14(25)19-11-15(13-29-19)21(27)24-9-7-22(8-10-24)12-18(22)20(26)23-16-3-5-17(28-2)6-4-16/h3-6,11,13,18H,7-10,12H2,1-2H3,(H,23,26). The van der Waals surface area contributed by atoms with Crippen LogP contribution >= 0.6 is 23.1 Å². The summed E-state index contributed by atoms with van der Waals surface area (Å²) in [5, 5.41) is 4.80. The van der Waals surface area contributed by atoms with Gasteiger partial charge < -0.3 is 10.2 Å². The van der Waals surface area contributed by atoms with E-state index in [4.69, 9.17) is 0 Å². The molecular weight excluding hydrogens is 404 g/mol. The molecule has 2 aliphatic rings. The normalized spacial score (nSPS) is 19.8. The number of nitrogens with zero attached hydrogens (tertiary/aromatic N) is 1. The lowest BCUT2D eigenvalue weighted by Crippen LogP contribution is -2.40. The maximum atomic E-state index is 12.7. The number of hydrogen-bond acceptors (Lipinski definition) is 5. The van der Waals surface area contributed by atoms with Gasteiger partial charge in [-0.1, -0.05) is 0 Å². The lowest BCUT2D eigenvalue weighted by molar-refractivity contribution is -0.118. The van der Waals surface area contributed by atoms with Crippen LogP contribution in [0.4, 0.5) is 5.69 Å². The van der Waals surface area contributed by atoms with Gasteiger partial charge in [0.25, 0.3) is 5.91 Å². The number of Topliss-reactive ketones (excluding diaryl/α,β-unsaturated/α-hetero) is 1. The molecule has 1 saturated heterocycles. The van der Waals surface area contributed by atoms with Crippen molar-refractivity contribution in [3.63, 3.8) is 0 Å². The minimum absolute atomic E-state index is 0.0124. The van der Waals surface area contributed by atoms with Crippen molar-refractivity contribution in [2.24, 2.45) is 11.3 Å². The van der Waals surface area contributed by atoms with Gasteiger partial charge in [0.15, 0.2) is 5.78 Å². The van der Waals surface area contributed by atoms with E-state index in [9.17, 15) is 14.4 Å². The molecule has 5 nitrogen and oxygen atoms in total. The number of ketones is 1. The van der Waals surface area contributed by atoms with Gasteiger partial charge in [0.05, 0.1) is 10.4 Å². The highest BCUT2D eigenvalue weighted by Crippen LogP contribution is 2.59. The van der Waals surface area contributed by atoms with Gasteiger partial charge in [-0.3, -0.25) is 14.4 Å². The van der Waals surface area contributed by atoms with Crippen LogP contribution in [-0.2, 0) is 4.79 Å². The van der Waals surface area contributed by atoms with Crippen LogP contribution < -0.4 is 5.32 Å². The number of hydrogen-bond donors (Lipinski definition) is 1. The van der Waals surface area contributed by atoms with E-state index in [1.807, 2.05) is 35.4 Å². The second-order valence-corrected chi connectivity index (χ2v) is 9.68. The number of anilines is 1. The topological polar surface area (TPSA) is 66.5 Å². The fraction of sp³-hybridized carbons (Fsp3) is 0.409. The number of piperidine rings is 1. The lowest BCUT2D eigenvalue weighted by atomic mass is 9.90. The van der Waals surface area contributed by atoms with Gasteiger partial charge in [0.1, 0.15) is 0 Å². The number of rotatable bonds is 5. The Morgan fingerprint density at radius 2 is 1.86 bits per heavy atom. The first-order valence-corrected chi connectivity index (χ1v) is 11.9. The van der Waals surface area contributed by atoms with Gasteiger partial charge >= 0.3 is 0 Å². The zero-order chi connectivity index (χ0) is 20.6. The summed E-state index contributed by atoms with van der Waals surface area (Å²) in [6.07, 6.45) is 4.63. The molecule has 0 bridgehead atoms. The molecule has 0 radical (unpaired) electrons. The predicted octanol–water partition coefficient (Wildman–Crippen LogP) is 4.55. The van der Waals surface area contributed by atoms with Crippen molar-refractivity contribution in [1.82, 2.24) is 4.90 Å². The van der Waals surface area contributed by atoms with Crippen molar-refractivity contribution in [1.29, 1.82) is 0 Å². The van der Waals surface area contributed by atoms with E-state index in [2.05, 4.69) is 5.32 Å². The first-order chi connectivity index (χ1) is 13.9. The van der Waals surface area contributed by atoms with Crippen molar-refractivity contribution in [2.45, 2.75) is 31.1 Å². The third-order valence-electron chi connectivity index (χ3n) is 6.10. The van der Waals surface area contributed by atoms with E-state index in [1.165, 1.54) is 23.2 Å². The number of nitrogens with one attached hydrogen (secondary N) is 1. The maximum absolute atomic E-state index is 12.7. The highest BCUT2D eigenvalue weighted by molar-refractivity contribution is 7.98. The van der Waals surface area contributed by atoms with Gasteiger partial charge in [-0.15, -0.1) is 23.1 Å². The van der Waals surface area contributed by atoms with Crippen molar-refractivity contribution in [3.8, 4) is 0 Å². The number of likely N-dealkylation sites (tertiary alicyclic amines) is 1. The number of carbonyl (C=O) groups is 3. The SMILES string of the molecule is CSc1ccc(NC(=O)C2CC23CCN(C(=O)c2csc(C(C)=O)c2)CC3)cc1. The third kappa shape index (κ3) is 4.12. The fourth-order valence-electron chi connectivity index (χ4n) is 4.15. The van der Waals surface area contributed by atoms with Crippen LogP contribution in [0.25, 0.3) is 0 Å². The minimum Gasteiger partial charge on any atom is -0.339 e. The predicted molar refractivity (Wildman–Crippen MR) is 117 cm³/mol. The molecule has 1 saturated carbocycles. The molecule has 1 N–H and O–H groups in total. The summed E-state index contributed by atoms with van der Waals surface area (Å²) >= 11 is 2.99. The Balaban J connectivity index is 1.31. The average Bonchev–Trinajstić information content (AvgIpc) is 3.19. The molecular formula is C22H24N2O3S2. The van der Waals surface area contributed by atoms with Crippen molar-refractivity contribution in [3.05, 3.63) is 46.2 Å². The molecule has 7 heteroatoms. The fourth-order valence-corrected chi connectivity index (χ4v) is 5.34. The molecule has 152 valence electrons. The summed E-state index contributed by atoms with van der Waals surface area (Å²) in [5.41, 5.74) is 1.47. The van der Waals surface area contributed by atoms with Crippen LogP contribution in [0.2, 0.25) is 0 Å². The van der Waals surface area contributed by atoms with Gasteiger partial charge in [-0.2, -0.15) is 0 Å². The first-order valence-electron chi connectivity index (χ1n) is 9.75. The summed E-state index contributed by atoms with van der Waals surface area (Å²) in [4.78, 5) is 40.5.